The van der Waals surface area contributed by atoms with Gasteiger partial charge in [-0.3, -0.25) is 0 Å². The van der Waals surface area contributed by atoms with Crippen molar-refractivity contribution >= 4 is 11.6 Å². The first-order chi connectivity index (χ1) is 7.02. The minimum absolute atomic E-state index is 0.478. The van der Waals surface area contributed by atoms with E-state index in [2.05, 4.69) is 0 Å². The summed E-state index contributed by atoms with van der Waals surface area (Å²) in [6, 6.07) is 1.66. The molecule has 0 radical (unpaired) electrons. The minimum atomic E-state index is -0.623. The number of aliphatic hydroxyl groups is 1. The second-order valence-electron chi connectivity index (χ2n) is 3.32. The van der Waals surface area contributed by atoms with Crippen molar-refractivity contribution in [1.29, 1.82) is 0 Å². The monoisotopic (exact) mass is 230 g/mol. The van der Waals surface area contributed by atoms with E-state index >= 15 is 0 Å². The van der Waals surface area contributed by atoms with Gasteiger partial charge in [0.05, 0.1) is 25.3 Å². The van der Waals surface area contributed by atoms with Crippen LogP contribution in [0.1, 0.15) is 24.2 Å². The summed E-state index contributed by atoms with van der Waals surface area (Å²) in [7, 11) is 3.11. The number of methoxy groups -OCH3 is 2. The molecule has 0 heterocycles. The molecule has 0 aliphatic carbocycles. The first-order valence-electron chi connectivity index (χ1n) is 4.62. The maximum absolute atomic E-state index is 9.57. The molecule has 0 aliphatic heterocycles. The molecule has 0 saturated carbocycles. The zero-order valence-electron chi connectivity index (χ0n) is 9.30. The van der Waals surface area contributed by atoms with Crippen LogP contribution in [0, 0.1) is 6.92 Å². The molecule has 3 nitrogen and oxygen atoms in total. The lowest BCUT2D eigenvalue weighted by Gasteiger charge is -2.17. The highest BCUT2D eigenvalue weighted by molar-refractivity contribution is 6.32. The smallest absolute Gasteiger partial charge is 0.144 e. The Morgan fingerprint density at radius 1 is 1.27 bits per heavy atom. The van der Waals surface area contributed by atoms with Gasteiger partial charge < -0.3 is 14.6 Å². The van der Waals surface area contributed by atoms with Crippen molar-refractivity contribution in [3.05, 3.63) is 22.2 Å². The lowest BCUT2D eigenvalue weighted by molar-refractivity contribution is 0.194. The van der Waals surface area contributed by atoms with E-state index in [9.17, 15) is 5.11 Å². The minimum Gasteiger partial charge on any atom is -0.496 e. The van der Waals surface area contributed by atoms with Crippen LogP contribution in [0.4, 0.5) is 0 Å². The normalized spacial score (nSPS) is 12.4. The van der Waals surface area contributed by atoms with Crippen LogP contribution in [0.15, 0.2) is 6.07 Å². The standard InChI is InChI=1S/C11H15ClO3/c1-6-10(14-3)8(7(2)13)5-9(12)11(6)15-4/h5,7,13H,1-4H3. The van der Waals surface area contributed by atoms with Crippen molar-refractivity contribution < 1.29 is 14.6 Å². The number of benzene rings is 1. The fourth-order valence-electron chi connectivity index (χ4n) is 1.60. The molecule has 0 spiro atoms. The summed E-state index contributed by atoms with van der Waals surface area (Å²) >= 11 is 6.02. The predicted molar refractivity (Wildman–Crippen MR) is 59.9 cm³/mol. The van der Waals surface area contributed by atoms with Gasteiger partial charge in [-0.2, -0.15) is 0 Å². The Bertz CT molecular complexity index is 361. The predicted octanol–water partition coefficient (Wildman–Crippen LogP) is 2.72. The summed E-state index contributed by atoms with van der Waals surface area (Å²) < 4.78 is 10.4. The lowest BCUT2D eigenvalue weighted by Crippen LogP contribution is -2.01. The van der Waals surface area contributed by atoms with E-state index < -0.39 is 6.10 Å². The highest BCUT2D eigenvalue weighted by atomic mass is 35.5. The molecule has 0 aromatic heterocycles. The number of halogens is 1. The molecule has 15 heavy (non-hydrogen) atoms. The van der Waals surface area contributed by atoms with Gasteiger partial charge in [0.25, 0.3) is 0 Å². The van der Waals surface area contributed by atoms with Gasteiger partial charge in [0, 0.05) is 11.1 Å². The highest BCUT2D eigenvalue weighted by Gasteiger charge is 2.18. The van der Waals surface area contributed by atoms with Crippen LogP contribution in [-0.4, -0.2) is 19.3 Å². The Kier molecular flexibility index (Phi) is 3.83. The molecular formula is C11H15ClO3. The number of aliphatic hydroxyl groups excluding tert-OH is 1. The average Bonchev–Trinajstić information content (AvgIpc) is 2.17. The van der Waals surface area contributed by atoms with E-state index in [-0.39, 0.29) is 0 Å². The molecule has 1 N–H and O–H groups in total. The van der Waals surface area contributed by atoms with Crippen LogP contribution in [0.2, 0.25) is 5.02 Å². The Morgan fingerprint density at radius 3 is 2.20 bits per heavy atom. The molecule has 0 bridgehead atoms. The van der Waals surface area contributed by atoms with E-state index in [0.29, 0.717) is 22.1 Å². The average molecular weight is 231 g/mol. The highest BCUT2D eigenvalue weighted by Crippen LogP contribution is 2.40. The van der Waals surface area contributed by atoms with Gasteiger partial charge in [0.15, 0.2) is 0 Å². The largest absolute Gasteiger partial charge is 0.496 e. The third-order valence-electron chi connectivity index (χ3n) is 2.30. The van der Waals surface area contributed by atoms with Crippen LogP contribution in [0.5, 0.6) is 11.5 Å². The first kappa shape index (κ1) is 12.1. The SMILES string of the molecule is COc1c(Cl)cc(C(C)O)c(OC)c1C. The zero-order chi connectivity index (χ0) is 11.6. The molecular weight excluding hydrogens is 216 g/mol. The molecule has 0 fully saturated rings. The Balaban J connectivity index is 3.44. The van der Waals surface area contributed by atoms with Gasteiger partial charge in [-0.15, -0.1) is 0 Å². The van der Waals surface area contributed by atoms with Crippen LogP contribution in [0.3, 0.4) is 0 Å². The van der Waals surface area contributed by atoms with Gasteiger partial charge >= 0.3 is 0 Å². The molecule has 1 unspecified atom stereocenters. The van der Waals surface area contributed by atoms with E-state index in [1.807, 2.05) is 6.92 Å². The Hall–Kier alpha value is -0.930. The quantitative estimate of drug-likeness (QED) is 0.868. The summed E-state index contributed by atoms with van der Waals surface area (Å²) in [4.78, 5) is 0. The molecule has 0 aliphatic rings. The number of hydrogen-bond donors (Lipinski definition) is 1. The van der Waals surface area contributed by atoms with Gasteiger partial charge in [0.2, 0.25) is 0 Å². The summed E-state index contributed by atoms with van der Waals surface area (Å²) in [5.41, 5.74) is 1.46. The number of ether oxygens (including phenoxy) is 2. The second-order valence-corrected chi connectivity index (χ2v) is 3.72. The van der Waals surface area contributed by atoms with Crippen molar-refractivity contribution in [3.8, 4) is 11.5 Å². The van der Waals surface area contributed by atoms with E-state index in [4.69, 9.17) is 21.1 Å². The fourth-order valence-corrected chi connectivity index (χ4v) is 1.93. The zero-order valence-corrected chi connectivity index (χ0v) is 10.1. The molecule has 1 atom stereocenters. The molecule has 1 aromatic carbocycles. The third kappa shape index (κ3) is 2.19. The number of hydrogen-bond acceptors (Lipinski definition) is 3. The van der Waals surface area contributed by atoms with Crippen LogP contribution >= 0.6 is 11.6 Å². The van der Waals surface area contributed by atoms with Crippen LogP contribution < -0.4 is 9.47 Å². The van der Waals surface area contributed by atoms with E-state index in [1.54, 1.807) is 27.2 Å². The maximum Gasteiger partial charge on any atom is 0.144 e. The number of rotatable bonds is 3. The van der Waals surface area contributed by atoms with Gasteiger partial charge in [-0.1, -0.05) is 11.6 Å². The van der Waals surface area contributed by atoms with Crippen molar-refractivity contribution in [3.63, 3.8) is 0 Å². The van der Waals surface area contributed by atoms with E-state index in [0.717, 1.165) is 5.56 Å². The topological polar surface area (TPSA) is 38.7 Å². The molecule has 1 rings (SSSR count). The van der Waals surface area contributed by atoms with Crippen LogP contribution in [0.25, 0.3) is 0 Å². The lowest BCUT2D eigenvalue weighted by atomic mass is 10.0. The molecule has 0 saturated heterocycles. The molecule has 1 aromatic rings. The van der Waals surface area contributed by atoms with Crippen LogP contribution in [-0.2, 0) is 0 Å². The maximum atomic E-state index is 9.57. The summed E-state index contributed by atoms with van der Waals surface area (Å²) in [5, 5.41) is 10.0. The third-order valence-corrected chi connectivity index (χ3v) is 2.58. The van der Waals surface area contributed by atoms with Gasteiger partial charge in [-0.25, -0.2) is 0 Å². The molecule has 84 valence electrons. The second kappa shape index (κ2) is 4.73. The van der Waals surface area contributed by atoms with Gasteiger partial charge in [-0.05, 0) is 19.9 Å². The Morgan fingerprint density at radius 2 is 1.80 bits per heavy atom. The summed E-state index contributed by atoms with van der Waals surface area (Å²) in [5.74, 6) is 1.20. The van der Waals surface area contributed by atoms with Crippen molar-refractivity contribution in [2.45, 2.75) is 20.0 Å². The molecule has 0 amide bonds. The van der Waals surface area contributed by atoms with E-state index in [1.165, 1.54) is 0 Å². The van der Waals surface area contributed by atoms with Crippen molar-refractivity contribution in [1.82, 2.24) is 0 Å². The van der Waals surface area contributed by atoms with Crippen molar-refractivity contribution in [2.24, 2.45) is 0 Å². The fraction of sp³-hybridized carbons (Fsp3) is 0.455. The van der Waals surface area contributed by atoms with Gasteiger partial charge in [0.1, 0.15) is 11.5 Å². The molecule has 4 heteroatoms. The first-order valence-corrected chi connectivity index (χ1v) is 4.99. The summed E-state index contributed by atoms with van der Waals surface area (Å²) in [6.07, 6.45) is -0.623. The summed E-state index contributed by atoms with van der Waals surface area (Å²) in [6.45, 7) is 3.51. The Labute approximate surface area is 94.6 Å². The van der Waals surface area contributed by atoms with Crippen molar-refractivity contribution in [2.75, 3.05) is 14.2 Å².